The van der Waals surface area contributed by atoms with Gasteiger partial charge in [-0.3, -0.25) is 14.8 Å². The third-order valence-corrected chi connectivity index (χ3v) is 7.23. The maximum absolute atomic E-state index is 12.8. The van der Waals surface area contributed by atoms with Crippen molar-refractivity contribution in [2.75, 3.05) is 16.6 Å². The highest BCUT2D eigenvalue weighted by Crippen LogP contribution is 2.27. The number of aromatic nitrogens is 2. The first-order chi connectivity index (χ1) is 15.1. The molecule has 0 radical (unpaired) electrons. The second-order valence-electron chi connectivity index (χ2n) is 6.26. The Bertz CT molecular complexity index is 1290. The molecule has 0 saturated heterocycles. The largest absolute Gasteiger partial charge is 0.462 e. The van der Waals surface area contributed by atoms with E-state index in [4.69, 9.17) is 27.9 Å². The summed E-state index contributed by atoms with van der Waals surface area (Å²) in [4.78, 5) is 24.4. The van der Waals surface area contributed by atoms with Gasteiger partial charge in [0.1, 0.15) is 0 Å². The van der Waals surface area contributed by atoms with Crippen molar-refractivity contribution in [2.24, 2.45) is 0 Å². The summed E-state index contributed by atoms with van der Waals surface area (Å²) >= 11 is 12.5. The number of ether oxygens (including phenoxy) is 1. The summed E-state index contributed by atoms with van der Waals surface area (Å²) in [5.74, 6) is -1.16. The van der Waals surface area contributed by atoms with E-state index in [0.717, 1.165) is 0 Å². The standard InChI is InChI=1S/C19H16Cl2N4O5S2/c1-3-30-17(27)12-5-4-6-15(10(12)2)25-32(28,29)19-24-23-18(31-19)22-16(26)13-8-7-11(20)9-14(13)21/h4-9,25H,3H2,1-2H3,(H,22,23,26). The first kappa shape index (κ1) is 23.9. The number of anilines is 2. The Morgan fingerprint density at radius 2 is 1.88 bits per heavy atom. The van der Waals surface area contributed by atoms with Crippen molar-refractivity contribution in [1.29, 1.82) is 0 Å². The minimum atomic E-state index is -4.14. The molecule has 0 atom stereocenters. The predicted octanol–water partition coefficient (Wildman–Crippen LogP) is 4.38. The molecule has 13 heteroatoms. The van der Waals surface area contributed by atoms with Gasteiger partial charge >= 0.3 is 5.97 Å². The third-order valence-electron chi connectivity index (χ3n) is 4.11. The van der Waals surface area contributed by atoms with Crippen molar-refractivity contribution < 1.29 is 22.7 Å². The molecule has 0 saturated carbocycles. The maximum atomic E-state index is 12.8. The second-order valence-corrected chi connectivity index (χ2v) is 9.93. The zero-order chi connectivity index (χ0) is 23.5. The van der Waals surface area contributed by atoms with Crippen molar-refractivity contribution in [1.82, 2.24) is 10.2 Å². The lowest BCUT2D eigenvalue weighted by Crippen LogP contribution is -2.15. The monoisotopic (exact) mass is 514 g/mol. The molecule has 0 aliphatic rings. The van der Waals surface area contributed by atoms with Crippen LogP contribution >= 0.6 is 34.5 Å². The van der Waals surface area contributed by atoms with E-state index < -0.39 is 21.9 Å². The quantitative estimate of drug-likeness (QED) is 0.353. The normalized spacial score (nSPS) is 11.1. The first-order valence-corrected chi connectivity index (χ1v) is 12.1. The fourth-order valence-electron chi connectivity index (χ4n) is 2.57. The highest BCUT2D eigenvalue weighted by molar-refractivity contribution is 7.94. The first-order valence-electron chi connectivity index (χ1n) is 9.02. The van der Waals surface area contributed by atoms with Gasteiger partial charge in [-0.25, -0.2) is 4.79 Å². The Morgan fingerprint density at radius 3 is 2.56 bits per heavy atom. The molecule has 0 fully saturated rings. The summed E-state index contributed by atoms with van der Waals surface area (Å²) in [6.45, 7) is 3.45. The van der Waals surface area contributed by atoms with Crippen LogP contribution in [-0.2, 0) is 14.8 Å². The fourth-order valence-corrected chi connectivity index (χ4v) is 5.09. The molecule has 0 aliphatic heterocycles. The van der Waals surface area contributed by atoms with Crippen molar-refractivity contribution >= 4 is 67.3 Å². The minimum Gasteiger partial charge on any atom is -0.462 e. The topological polar surface area (TPSA) is 127 Å². The van der Waals surface area contributed by atoms with Gasteiger partial charge < -0.3 is 4.74 Å². The number of benzene rings is 2. The summed E-state index contributed by atoms with van der Waals surface area (Å²) in [7, 11) is -4.14. The van der Waals surface area contributed by atoms with E-state index in [-0.39, 0.29) is 37.9 Å². The van der Waals surface area contributed by atoms with Gasteiger partial charge in [0.05, 0.1) is 28.4 Å². The molecule has 2 aromatic carbocycles. The fraction of sp³-hybridized carbons (Fsp3) is 0.158. The number of halogens is 2. The molecule has 3 rings (SSSR count). The van der Waals surface area contributed by atoms with Crippen LogP contribution in [0.3, 0.4) is 0 Å². The van der Waals surface area contributed by atoms with Gasteiger partial charge in [-0.2, -0.15) is 8.42 Å². The number of nitrogens with one attached hydrogen (secondary N) is 2. The molecule has 3 aromatic rings. The molecule has 1 amide bonds. The van der Waals surface area contributed by atoms with E-state index >= 15 is 0 Å². The van der Waals surface area contributed by atoms with Crippen molar-refractivity contribution in [3.63, 3.8) is 0 Å². The summed E-state index contributed by atoms with van der Waals surface area (Å²) in [5.41, 5.74) is 0.951. The zero-order valence-corrected chi connectivity index (χ0v) is 19.8. The molecule has 2 N–H and O–H groups in total. The average molecular weight is 515 g/mol. The highest BCUT2D eigenvalue weighted by Gasteiger charge is 2.23. The summed E-state index contributed by atoms with van der Waals surface area (Å²) in [6.07, 6.45) is 0. The van der Waals surface area contributed by atoms with Crippen LogP contribution in [0.25, 0.3) is 0 Å². The molecule has 9 nitrogen and oxygen atoms in total. The van der Waals surface area contributed by atoms with Crippen molar-refractivity contribution in [2.45, 2.75) is 18.2 Å². The number of carbonyl (C=O) groups excluding carboxylic acids is 2. The minimum absolute atomic E-state index is 0.0432. The second kappa shape index (κ2) is 9.82. The molecular weight excluding hydrogens is 499 g/mol. The highest BCUT2D eigenvalue weighted by atomic mass is 35.5. The van der Waals surface area contributed by atoms with Gasteiger partial charge in [0, 0.05) is 5.02 Å². The smallest absolute Gasteiger partial charge is 0.338 e. The summed E-state index contributed by atoms with van der Waals surface area (Å²) in [6, 6.07) is 8.89. The number of rotatable bonds is 7. The van der Waals surface area contributed by atoms with Crippen LogP contribution in [0.5, 0.6) is 0 Å². The molecular formula is C19H16Cl2N4O5S2. The van der Waals surface area contributed by atoms with Crippen LogP contribution in [-0.4, -0.2) is 37.1 Å². The Morgan fingerprint density at radius 1 is 1.12 bits per heavy atom. The lowest BCUT2D eigenvalue weighted by Gasteiger charge is -2.11. The van der Waals surface area contributed by atoms with Crippen LogP contribution in [0.2, 0.25) is 10.0 Å². The zero-order valence-electron chi connectivity index (χ0n) is 16.7. The molecule has 0 spiro atoms. The predicted molar refractivity (Wildman–Crippen MR) is 122 cm³/mol. The van der Waals surface area contributed by atoms with Gasteiger partial charge in [0.15, 0.2) is 0 Å². The molecule has 0 aliphatic carbocycles. The molecule has 0 unspecified atom stereocenters. The molecule has 32 heavy (non-hydrogen) atoms. The average Bonchev–Trinajstić information content (AvgIpc) is 3.19. The number of esters is 1. The van der Waals surface area contributed by atoms with Gasteiger partial charge in [-0.05, 0) is 49.7 Å². The number of sulfonamides is 1. The van der Waals surface area contributed by atoms with Gasteiger partial charge in [-0.15, -0.1) is 10.2 Å². The van der Waals surface area contributed by atoms with E-state index in [0.29, 0.717) is 21.9 Å². The lowest BCUT2D eigenvalue weighted by molar-refractivity contribution is 0.0525. The number of hydrogen-bond donors (Lipinski definition) is 2. The number of carbonyl (C=O) groups is 2. The lowest BCUT2D eigenvalue weighted by atomic mass is 10.1. The van der Waals surface area contributed by atoms with Crippen LogP contribution in [0.15, 0.2) is 40.7 Å². The number of hydrogen-bond acceptors (Lipinski definition) is 8. The number of nitrogens with zero attached hydrogens (tertiary/aromatic N) is 2. The molecule has 1 heterocycles. The van der Waals surface area contributed by atoms with Crippen LogP contribution in [0, 0.1) is 6.92 Å². The maximum Gasteiger partial charge on any atom is 0.338 e. The van der Waals surface area contributed by atoms with E-state index in [2.05, 4.69) is 20.2 Å². The Balaban J connectivity index is 1.79. The SMILES string of the molecule is CCOC(=O)c1cccc(NS(=O)(=O)c2nnc(NC(=O)c3ccc(Cl)cc3Cl)s2)c1C. The number of amides is 1. The van der Waals surface area contributed by atoms with Crippen molar-refractivity contribution in [3.05, 3.63) is 63.1 Å². The molecule has 1 aromatic heterocycles. The van der Waals surface area contributed by atoms with Crippen LogP contribution < -0.4 is 10.0 Å². The van der Waals surface area contributed by atoms with E-state index in [1.165, 1.54) is 36.4 Å². The van der Waals surface area contributed by atoms with Gasteiger partial charge in [0.2, 0.25) is 5.13 Å². The van der Waals surface area contributed by atoms with Crippen LogP contribution in [0.4, 0.5) is 10.8 Å². The van der Waals surface area contributed by atoms with Gasteiger partial charge in [-0.1, -0.05) is 40.6 Å². The third kappa shape index (κ3) is 5.36. The van der Waals surface area contributed by atoms with Crippen LogP contribution in [0.1, 0.15) is 33.2 Å². The Kier molecular flexibility index (Phi) is 7.34. The van der Waals surface area contributed by atoms with E-state index in [9.17, 15) is 18.0 Å². The van der Waals surface area contributed by atoms with E-state index in [1.807, 2.05) is 0 Å². The molecule has 0 bridgehead atoms. The van der Waals surface area contributed by atoms with Crippen molar-refractivity contribution in [3.8, 4) is 0 Å². The van der Waals surface area contributed by atoms with Gasteiger partial charge in [0.25, 0.3) is 20.3 Å². The van der Waals surface area contributed by atoms with E-state index in [1.54, 1.807) is 13.8 Å². The Labute approximate surface area is 197 Å². The summed E-state index contributed by atoms with van der Waals surface area (Å²) < 4.78 is 32.5. The molecule has 168 valence electrons. The Hall–Kier alpha value is -2.73. The summed E-state index contributed by atoms with van der Waals surface area (Å²) in [5, 5.41) is 10.2.